The third-order valence-electron chi connectivity index (χ3n) is 6.06. The number of anilines is 1. The number of amides is 2. The van der Waals surface area contributed by atoms with Gasteiger partial charge in [-0.25, -0.2) is 4.68 Å². The van der Waals surface area contributed by atoms with Crippen molar-refractivity contribution in [2.75, 3.05) is 26.2 Å². The van der Waals surface area contributed by atoms with E-state index in [0.29, 0.717) is 39.5 Å². The van der Waals surface area contributed by atoms with E-state index >= 15 is 0 Å². The van der Waals surface area contributed by atoms with Gasteiger partial charge >= 0.3 is 0 Å². The van der Waals surface area contributed by atoms with Crippen LogP contribution in [0.4, 0.5) is 5.69 Å². The van der Waals surface area contributed by atoms with Gasteiger partial charge in [-0.05, 0) is 75.4 Å². The zero-order valence-corrected chi connectivity index (χ0v) is 23.0. The van der Waals surface area contributed by atoms with Crippen molar-refractivity contribution in [3.05, 3.63) is 72.3 Å². The molecule has 10 nitrogen and oxygen atoms in total. The van der Waals surface area contributed by atoms with E-state index < -0.39 is 11.6 Å². The van der Waals surface area contributed by atoms with Crippen LogP contribution in [0.25, 0.3) is 11.0 Å². The molecule has 0 aliphatic rings. The number of nitrogens with one attached hydrogen (secondary N) is 1. The molecule has 0 spiro atoms. The summed E-state index contributed by atoms with van der Waals surface area (Å²) in [6, 6.07) is 18.4. The number of benzene rings is 3. The molecule has 10 heteroatoms. The van der Waals surface area contributed by atoms with Crippen molar-refractivity contribution in [3.8, 4) is 17.2 Å². The first-order chi connectivity index (χ1) is 18.6. The molecular formula is C29H33N5O5. The number of nitrogens with zero attached hydrogens (tertiary/aromatic N) is 4. The summed E-state index contributed by atoms with van der Waals surface area (Å²) in [6.07, 6.45) is 0. The van der Waals surface area contributed by atoms with Gasteiger partial charge in [0.05, 0.1) is 26.8 Å². The van der Waals surface area contributed by atoms with Crippen molar-refractivity contribution in [3.63, 3.8) is 0 Å². The van der Waals surface area contributed by atoms with Crippen LogP contribution in [0.5, 0.6) is 17.2 Å². The van der Waals surface area contributed by atoms with Gasteiger partial charge in [0.2, 0.25) is 11.8 Å². The highest BCUT2D eigenvalue weighted by atomic mass is 16.5. The van der Waals surface area contributed by atoms with Crippen LogP contribution >= 0.6 is 0 Å². The Morgan fingerprint density at radius 1 is 0.923 bits per heavy atom. The molecule has 4 rings (SSSR count). The number of carbonyl (C=O) groups excluding carboxylic acids is 2. The second-order valence-electron chi connectivity index (χ2n) is 9.95. The first kappa shape index (κ1) is 27.4. The molecule has 0 bridgehead atoms. The minimum absolute atomic E-state index is 0.155. The van der Waals surface area contributed by atoms with Gasteiger partial charge in [-0.1, -0.05) is 17.3 Å². The van der Waals surface area contributed by atoms with Crippen molar-refractivity contribution in [2.24, 2.45) is 0 Å². The van der Waals surface area contributed by atoms with Crippen molar-refractivity contribution in [1.82, 2.24) is 20.3 Å². The van der Waals surface area contributed by atoms with E-state index in [1.165, 1.54) is 23.8 Å². The van der Waals surface area contributed by atoms with Crippen molar-refractivity contribution >= 4 is 28.5 Å². The van der Waals surface area contributed by atoms with Gasteiger partial charge in [0.1, 0.15) is 35.4 Å². The number of hydrogen-bond donors (Lipinski definition) is 1. The number of ether oxygens (including phenoxy) is 3. The highest BCUT2D eigenvalue weighted by Gasteiger charge is 2.37. The number of para-hydroxylation sites is 1. The Hall–Kier alpha value is -4.60. The van der Waals surface area contributed by atoms with Gasteiger partial charge in [-0.2, -0.15) is 0 Å². The van der Waals surface area contributed by atoms with Crippen LogP contribution in [0.3, 0.4) is 0 Å². The van der Waals surface area contributed by atoms with Crippen LogP contribution in [0.2, 0.25) is 0 Å². The lowest BCUT2D eigenvalue weighted by Crippen LogP contribution is -2.50. The maximum absolute atomic E-state index is 14.2. The number of aromatic nitrogens is 3. The second kappa shape index (κ2) is 11.4. The predicted molar refractivity (Wildman–Crippen MR) is 148 cm³/mol. The lowest BCUT2D eigenvalue weighted by atomic mass is 9.99. The van der Waals surface area contributed by atoms with E-state index in [0.717, 1.165) is 0 Å². The molecule has 2 amide bonds. The zero-order valence-electron chi connectivity index (χ0n) is 23.0. The van der Waals surface area contributed by atoms with Crippen molar-refractivity contribution < 1.29 is 23.8 Å². The molecule has 0 aliphatic carbocycles. The Kier molecular flexibility index (Phi) is 8.04. The summed E-state index contributed by atoms with van der Waals surface area (Å²) >= 11 is 0. The Balaban J connectivity index is 1.89. The number of rotatable bonds is 9. The Morgan fingerprint density at radius 2 is 1.59 bits per heavy atom. The van der Waals surface area contributed by atoms with Gasteiger partial charge < -0.3 is 19.5 Å². The van der Waals surface area contributed by atoms with Crippen molar-refractivity contribution in [2.45, 2.75) is 38.9 Å². The second-order valence-corrected chi connectivity index (χ2v) is 9.95. The zero-order chi connectivity index (χ0) is 28.2. The van der Waals surface area contributed by atoms with Gasteiger partial charge in [-0.3, -0.25) is 14.5 Å². The Labute approximate surface area is 227 Å². The van der Waals surface area contributed by atoms with E-state index in [4.69, 9.17) is 14.2 Å². The number of hydrogen-bond acceptors (Lipinski definition) is 7. The molecule has 0 saturated carbocycles. The summed E-state index contributed by atoms with van der Waals surface area (Å²) in [4.78, 5) is 29.7. The maximum atomic E-state index is 14.2. The van der Waals surface area contributed by atoms with Gasteiger partial charge in [0.25, 0.3) is 0 Å². The summed E-state index contributed by atoms with van der Waals surface area (Å²) in [7, 11) is 4.62. The highest BCUT2D eigenvalue weighted by molar-refractivity contribution is 6.02. The lowest BCUT2D eigenvalue weighted by molar-refractivity contribution is -0.128. The molecule has 4 aromatic rings. The van der Waals surface area contributed by atoms with Gasteiger partial charge in [-0.15, -0.1) is 5.10 Å². The largest absolute Gasteiger partial charge is 0.497 e. The molecule has 0 radical (unpaired) electrons. The van der Waals surface area contributed by atoms with Crippen LogP contribution < -0.4 is 24.4 Å². The third-order valence-corrected chi connectivity index (χ3v) is 6.06. The Bertz CT molecular complexity index is 1460. The Morgan fingerprint density at radius 3 is 2.23 bits per heavy atom. The van der Waals surface area contributed by atoms with Crippen LogP contribution in [0, 0.1) is 0 Å². The quantitative estimate of drug-likeness (QED) is 0.346. The predicted octanol–water partition coefficient (Wildman–Crippen LogP) is 4.15. The smallest absolute Gasteiger partial charge is 0.249 e. The molecule has 1 heterocycles. The van der Waals surface area contributed by atoms with E-state index in [-0.39, 0.29) is 18.4 Å². The van der Waals surface area contributed by atoms with E-state index in [1.54, 1.807) is 49.6 Å². The van der Waals surface area contributed by atoms with Gasteiger partial charge in [0.15, 0.2) is 0 Å². The molecule has 1 atom stereocenters. The molecule has 0 saturated heterocycles. The molecule has 1 aromatic heterocycles. The van der Waals surface area contributed by atoms with E-state index in [2.05, 4.69) is 15.6 Å². The SMILES string of the molecule is COc1ccc(N(C(=O)Cn2nnc3ccccc32)[C@@H](C(=O)NC(C)(C)C)c2cc(OC)ccc2OC)cc1. The minimum atomic E-state index is -1.11. The summed E-state index contributed by atoms with van der Waals surface area (Å²) < 4.78 is 18.0. The molecule has 39 heavy (non-hydrogen) atoms. The van der Waals surface area contributed by atoms with Crippen LogP contribution in [0.1, 0.15) is 32.4 Å². The molecular weight excluding hydrogens is 498 g/mol. The van der Waals surface area contributed by atoms with Crippen LogP contribution in [-0.2, 0) is 16.1 Å². The van der Waals surface area contributed by atoms with E-state index in [1.807, 2.05) is 45.0 Å². The van der Waals surface area contributed by atoms with Crippen molar-refractivity contribution in [1.29, 1.82) is 0 Å². The minimum Gasteiger partial charge on any atom is -0.497 e. The third kappa shape index (κ3) is 6.11. The molecule has 204 valence electrons. The topological polar surface area (TPSA) is 108 Å². The van der Waals surface area contributed by atoms with E-state index in [9.17, 15) is 9.59 Å². The molecule has 1 N–H and O–H groups in total. The summed E-state index contributed by atoms with van der Waals surface area (Å²) in [6.45, 7) is 5.49. The summed E-state index contributed by atoms with van der Waals surface area (Å²) in [5, 5.41) is 11.4. The maximum Gasteiger partial charge on any atom is 0.249 e. The average molecular weight is 532 g/mol. The summed E-state index contributed by atoms with van der Waals surface area (Å²) in [5.41, 5.74) is 1.75. The number of carbonyl (C=O) groups is 2. The molecule has 0 unspecified atom stereocenters. The molecule has 0 aliphatic heterocycles. The molecule has 0 fully saturated rings. The highest BCUT2D eigenvalue weighted by Crippen LogP contribution is 2.37. The fourth-order valence-electron chi connectivity index (χ4n) is 4.31. The normalized spacial score (nSPS) is 12.1. The van der Waals surface area contributed by atoms with Gasteiger partial charge in [0, 0.05) is 16.8 Å². The standard InChI is InChI=1S/C29H33N5O5/c1-29(2,3)30-28(36)27(22-17-21(38-5)15-16-25(22)39-6)34(19-11-13-20(37-4)14-12-19)26(35)18-33-24-10-8-7-9-23(24)31-32-33/h7-17,27H,18H2,1-6H3,(H,30,36)/t27-/m1/s1. The fourth-order valence-corrected chi connectivity index (χ4v) is 4.31. The fraction of sp³-hybridized carbons (Fsp3) is 0.310. The number of methoxy groups -OCH3 is 3. The van der Waals surface area contributed by atoms with Crippen LogP contribution in [-0.4, -0.2) is 53.7 Å². The first-order valence-electron chi connectivity index (χ1n) is 12.4. The summed E-state index contributed by atoms with van der Waals surface area (Å²) in [5.74, 6) is 0.797. The lowest BCUT2D eigenvalue weighted by Gasteiger charge is -2.34. The van der Waals surface area contributed by atoms with Crippen LogP contribution in [0.15, 0.2) is 66.7 Å². The average Bonchev–Trinajstić information content (AvgIpc) is 3.33. The monoisotopic (exact) mass is 531 g/mol. The molecule has 3 aromatic carbocycles. The first-order valence-corrected chi connectivity index (χ1v) is 12.4. The number of fused-ring (bicyclic) bond motifs is 1.